The zero-order valence-corrected chi connectivity index (χ0v) is 12.9. The molecule has 2 aliphatic rings. The molecule has 3 atom stereocenters. The van der Waals surface area contributed by atoms with E-state index in [1.54, 1.807) is 6.92 Å². The molecule has 1 aromatic rings. The van der Waals surface area contributed by atoms with Crippen LogP contribution in [0.5, 0.6) is 0 Å². The number of carbonyl (C=O) groups is 1. The number of carbonyl (C=O) groups excluding carboxylic acids is 1. The van der Waals surface area contributed by atoms with Gasteiger partial charge in [0.15, 0.2) is 0 Å². The highest BCUT2D eigenvalue weighted by molar-refractivity contribution is 5.90. The lowest BCUT2D eigenvalue weighted by Crippen LogP contribution is -2.48. The quantitative estimate of drug-likeness (QED) is 0.633. The highest BCUT2D eigenvalue weighted by Crippen LogP contribution is 2.49. The molecule has 0 aliphatic carbocycles. The van der Waals surface area contributed by atoms with Gasteiger partial charge in [-0.05, 0) is 25.3 Å². The molecule has 2 fully saturated rings. The molecule has 2 heterocycles. The second-order valence-corrected chi connectivity index (χ2v) is 5.81. The van der Waals surface area contributed by atoms with E-state index >= 15 is 0 Å². The van der Waals surface area contributed by atoms with Gasteiger partial charge in [-0.2, -0.15) is 0 Å². The summed E-state index contributed by atoms with van der Waals surface area (Å²) in [6.45, 7) is 6.73. The van der Waals surface area contributed by atoms with Crippen molar-refractivity contribution in [2.45, 2.75) is 44.0 Å². The third-order valence-corrected chi connectivity index (χ3v) is 4.51. The number of rotatable bonds is 4. The highest BCUT2D eigenvalue weighted by Gasteiger charge is 2.55. The number of ether oxygens (including phenoxy) is 3. The molecule has 1 aromatic carbocycles. The first-order valence-electron chi connectivity index (χ1n) is 7.88. The Morgan fingerprint density at radius 3 is 2.91 bits per heavy atom. The van der Waals surface area contributed by atoms with Gasteiger partial charge in [-0.3, -0.25) is 0 Å². The molecule has 0 amide bonds. The Morgan fingerprint density at radius 2 is 2.18 bits per heavy atom. The maximum atomic E-state index is 12.2. The summed E-state index contributed by atoms with van der Waals surface area (Å²) in [5, 5.41) is 0. The Balaban J connectivity index is 1.87. The summed E-state index contributed by atoms with van der Waals surface area (Å²) >= 11 is 0. The van der Waals surface area contributed by atoms with E-state index in [-0.39, 0.29) is 18.2 Å². The lowest BCUT2D eigenvalue weighted by molar-refractivity contribution is -0.148. The van der Waals surface area contributed by atoms with Gasteiger partial charge in [0.1, 0.15) is 5.60 Å². The fourth-order valence-electron chi connectivity index (χ4n) is 3.40. The van der Waals surface area contributed by atoms with Gasteiger partial charge in [-0.15, -0.1) is 0 Å². The molecule has 2 aliphatic heterocycles. The lowest BCUT2D eigenvalue weighted by Gasteiger charge is -2.38. The molecule has 3 rings (SSSR count). The maximum Gasteiger partial charge on any atom is 0.336 e. The van der Waals surface area contributed by atoms with E-state index in [0.29, 0.717) is 25.2 Å². The second-order valence-electron chi connectivity index (χ2n) is 5.81. The largest absolute Gasteiger partial charge is 0.463 e. The van der Waals surface area contributed by atoms with E-state index in [4.69, 9.17) is 14.2 Å². The maximum absolute atomic E-state index is 12.2. The molecule has 4 nitrogen and oxygen atoms in total. The molecule has 4 heteroatoms. The van der Waals surface area contributed by atoms with Crippen LogP contribution < -0.4 is 0 Å². The molecule has 3 unspecified atom stereocenters. The topological polar surface area (TPSA) is 44.8 Å². The van der Waals surface area contributed by atoms with E-state index in [2.05, 4.69) is 6.58 Å². The zero-order chi connectivity index (χ0) is 15.6. The monoisotopic (exact) mass is 302 g/mol. The van der Waals surface area contributed by atoms with Gasteiger partial charge in [-0.25, -0.2) is 4.79 Å². The Labute approximate surface area is 131 Å². The fourth-order valence-corrected chi connectivity index (χ4v) is 3.40. The van der Waals surface area contributed by atoms with Crippen LogP contribution in [0.4, 0.5) is 0 Å². The van der Waals surface area contributed by atoms with Crippen molar-refractivity contribution in [1.29, 1.82) is 0 Å². The Kier molecular flexibility index (Phi) is 4.32. The predicted molar refractivity (Wildman–Crippen MR) is 82.4 cm³/mol. The second kappa shape index (κ2) is 6.23. The van der Waals surface area contributed by atoms with Crippen LogP contribution in [0.15, 0.2) is 42.5 Å². The van der Waals surface area contributed by atoms with E-state index in [1.165, 1.54) is 0 Å². The van der Waals surface area contributed by atoms with Gasteiger partial charge in [0.05, 0.1) is 24.4 Å². The first-order chi connectivity index (χ1) is 10.7. The summed E-state index contributed by atoms with van der Waals surface area (Å²) < 4.78 is 17.4. The van der Waals surface area contributed by atoms with Crippen LogP contribution in [0.25, 0.3) is 0 Å². The molecule has 2 saturated heterocycles. The van der Waals surface area contributed by atoms with Crippen molar-refractivity contribution in [2.24, 2.45) is 0 Å². The van der Waals surface area contributed by atoms with Crippen molar-refractivity contribution >= 4 is 5.97 Å². The van der Waals surface area contributed by atoms with Crippen LogP contribution >= 0.6 is 0 Å². The van der Waals surface area contributed by atoms with Crippen LogP contribution in [0.3, 0.4) is 0 Å². The minimum Gasteiger partial charge on any atom is -0.463 e. The summed E-state index contributed by atoms with van der Waals surface area (Å²) in [6.07, 6.45) is 2.21. The molecule has 0 radical (unpaired) electrons. The number of fused-ring (bicyclic) bond motifs is 1. The summed E-state index contributed by atoms with van der Waals surface area (Å²) in [4.78, 5) is 12.2. The summed E-state index contributed by atoms with van der Waals surface area (Å²) in [5.74, 6) is -0.383. The predicted octanol–water partition coefficient (Wildman–Crippen LogP) is 3.19. The van der Waals surface area contributed by atoms with E-state index < -0.39 is 5.60 Å². The third kappa shape index (κ3) is 2.57. The van der Waals surface area contributed by atoms with Gasteiger partial charge in [-0.1, -0.05) is 36.9 Å². The normalized spacial score (nSPS) is 30.6. The van der Waals surface area contributed by atoms with E-state index in [0.717, 1.165) is 18.4 Å². The molecule has 0 spiro atoms. The van der Waals surface area contributed by atoms with Gasteiger partial charge in [0.2, 0.25) is 0 Å². The van der Waals surface area contributed by atoms with Crippen LogP contribution in [0, 0.1) is 0 Å². The van der Waals surface area contributed by atoms with Crippen molar-refractivity contribution < 1.29 is 19.0 Å². The smallest absolute Gasteiger partial charge is 0.336 e. The van der Waals surface area contributed by atoms with E-state index in [9.17, 15) is 4.79 Å². The zero-order valence-electron chi connectivity index (χ0n) is 12.9. The number of hydrogen-bond acceptors (Lipinski definition) is 4. The average molecular weight is 302 g/mol. The highest BCUT2D eigenvalue weighted by atomic mass is 16.6. The third-order valence-electron chi connectivity index (χ3n) is 4.51. The average Bonchev–Trinajstić information content (AvgIpc) is 2.96. The van der Waals surface area contributed by atoms with Gasteiger partial charge >= 0.3 is 5.97 Å². The molecule has 118 valence electrons. The van der Waals surface area contributed by atoms with Crippen molar-refractivity contribution in [3.8, 4) is 0 Å². The number of esters is 1. The standard InChI is InChI=1S/C18H22O4/c1-3-20-17(19)13(2)18-12-15(14-8-5-4-6-9-14)22-16(18)10-7-11-21-18/h4-6,8-9,15-16H,2-3,7,10-12H2,1H3. The van der Waals surface area contributed by atoms with Crippen molar-refractivity contribution in [1.82, 2.24) is 0 Å². The van der Waals surface area contributed by atoms with Gasteiger partial charge in [0.25, 0.3) is 0 Å². The van der Waals surface area contributed by atoms with Crippen LogP contribution in [-0.4, -0.2) is 30.9 Å². The Morgan fingerprint density at radius 1 is 1.41 bits per heavy atom. The minimum atomic E-state index is -0.745. The molecule has 22 heavy (non-hydrogen) atoms. The van der Waals surface area contributed by atoms with Gasteiger partial charge in [0, 0.05) is 13.0 Å². The molecule has 0 bridgehead atoms. The summed E-state index contributed by atoms with van der Waals surface area (Å²) in [6, 6.07) is 10.1. The number of hydrogen-bond donors (Lipinski definition) is 0. The number of benzene rings is 1. The molecule has 0 N–H and O–H groups in total. The lowest BCUT2D eigenvalue weighted by atomic mass is 9.81. The SMILES string of the molecule is C=C(C(=O)OCC)C12CC(c3ccccc3)OC1CCCO2. The summed E-state index contributed by atoms with van der Waals surface area (Å²) in [5.41, 5.74) is 0.749. The van der Waals surface area contributed by atoms with Crippen molar-refractivity contribution in [3.05, 3.63) is 48.0 Å². The van der Waals surface area contributed by atoms with Crippen LogP contribution in [0.1, 0.15) is 37.9 Å². The van der Waals surface area contributed by atoms with E-state index in [1.807, 2.05) is 30.3 Å². The Bertz CT molecular complexity index is 553. The van der Waals surface area contributed by atoms with Crippen LogP contribution in [0.2, 0.25) is 0 Å². The van der Waals surface area contributed by atoms with Crippen molar-refractivity contribution in [3.63, 3.8) is 0 Å². The molecule has 0 aromatic heterocycles. The summed E-state index contributed by atoms with van der Waals surface area (Å²) in [7, 11) is 0. The molecular formula is C18H22O4. The first kappa shape index (κ1) is 15.3. The Hall–Kier alpha value is -1.65. The van der Waals surface area contributed by atoms with Crippen LogP contribution in [-0.2, 0) is 19.0 Å². The van der Waals surface area contributed by atoms with Crippen molar-refractivity contribution in [2.75, 3.05) is 13.2 Å². The molecule has 0 saturated carbocycles. The molecular weight excluding hydrogens is 280 g/mol. The van der Waals surface area contributed by atoms with Gasteiger partial charge < -0.3 is 14.2 Å². The minimum absolute atomic E-state index is 0.0736. The fraction of sp³-hybridized carbons (Fsp3) is 0.500. The first-order valence-corrected chi connectivity index (χ1v) is 7.88.